The number of benzene rings is 2. The summed E-state index contributed by atoms with van der Waals surface area (Å²) in [7, 11) is 0. The van der Waals surface area contributed by atoms with E-state index in [2.05, 4.69) is 16.5 Å². The molecule has 1 fully saturated rings. The first-order valence-corrected chi connectivity index (χ1v) is 11.8. The Balaban J connectivity index is 1.50. The predicted octanol–water partition coefficient (Wildman–Crippen LogP) is 3.91. The zero-order valence-corrected chi connectivity index (χ0v) is 19.6. The number of rotatable bonds is 2. The molecular weight excluding hydrogens is 430 g/mol. The minimum absolute atomic E-state index is 0.121. The number of fused-ring (bicyclic) bond motifs is 3. The third-order valence-corrected chi connectivity index (χ3v) is 6.49. The Bertz CT molecular complexity index is 1210. The maximum absolute atomic E-state index is 12.8. The molecule has 34 heavy (non-hydrogen) atoms. The molecule has 0 spiro atoms. The van der Waals surface area contributed by atoms with E-state index in [1.807, 2.05) is 55.1 Å². The molecule has 176 valence electrons. The van der Waals surface area contributed by atoms with Crippen LogP contribution in [0.5, 0.6) is 5.75 Å². The molecule has 7 heteroatoms. The number of amides is 2. The molecule has 2 heterocycles. The van der Waals surface area contributed by atoms with Crippen LogP contribution in [0.25, 0.3) is 11.1 Å². The SMILES string of the molecule is Cc1noc(C)c1-c1ccc2c(c1)Cc1cccc(c1)C(=O)NCCN(C(=O)C1CC1)CCO2. The Morgan fingerprint density at radius 2 is 1.94 bits per heavy atom. The molecule has 1 aromatic heterocycles. The minimum atomic E-state index is -0.126. The van der Waals surface area contributed by atoms with E-state index in [-0.39, 0.29) is 17.7 Å². The molecule has 2 aromatic carbocycles. The zero-order chi connectivity index (χ0) is 23.7. The monoisotopic (exact) mass is 459 g/mol. The first kappa shape index (κ1) is 22.2. The van der Waals surface area contributed by atoms with E-state index in [0.29, 0.717) is 38.2 Å². The molecule has 1 aliphatic carbocycles. The highest BCUT2D eigenvalue weighted by Crippen LogP contribution is 2.33. The van der Waals surface area contributed by atoms with Gasteiger partial charge in [0, 0.05) is 36.6 Å². The van der Waals surface area contributed by atoms with E-state index in [1.54, 1.807) is 0 Å². The second-order valence-corrected chi connectivity index (χ2v) is 9.10. The van der Waals surface area contributed by atoms with E-state index >= 15 is 0 Å². The number of aromatic nitrogens is 1. The molecule has 0 saturated heterocycles. The van der Waals surface area contributed by atoms with Gasteiger partial charge in [-0.3, -0.25) is 9.59 Å². The van der Waals surface area contributed by atoms with Crippen LogP contribution in [0, 0.1) is 19.8 Å². The van der Waals surface area contributed by atoms with E-state index in [4.69, 9.17) is 9.26 Å². The first-order valence-electron chi connectivity index (χ1n) is 11.8. The molecule has 3 aromatic rings. The van der Waals surface area contributed by atoms with Crippen molar-refractivity contribution in [1.29, 1.82) is 0 Å². The summed E-state index contributed by atoms with van der Waals surface area (Å²) < 4.78 is 11.6. The molecule has 0 unspecified atom stereocenters. The van der Waals surface area contributed by atoms with Gasteiger partial charge in [0.15, 0.2) is 0 Å². The van der Waals surface area contributed by atoms with Crippen molar-refractivity contribution < 1.29 is 18.8 Å². The second-order valence-electron chi connectivity index (χ2n) is 9.10. The summed E-state index contributed by atoms with van der Waals surface area (Å²) in [5, 5.41) is 7.05. The molecule has 5 rings (SSSR count). The number of ether oxygens (including phenoxy) is 1. The summed E-state index contributed by atoms with van der Waals surface area (Å²) in [5.74, 6) is 1.70. The molecule has 2 bridgehead atoms. The highest BCUT2D eigenvalue weighted by Gasteiger charge is 2.33. The second kappa shape index (κ2) is 9.33. The third-order valence-electron chi connectivity index (χ3n) is 6.49. The largest absolute Gasteiger partial charge is 0.491 e. The molecule has 2 aliphatic rings. The summed E-state index contributed by atoms with van der Waals surface area (Å²) in [6.07, 6.45) is 2.50. The Morgan fingerprint density at radius 3 is 2.71 bits per heavy atom. The first-order chi connectivity index (χ1) is 16.5. The van der Waals surface area contributed by atoms with Gasteiger partial charge in [-0.25, -0.2) is 0 Å². The van der Waals surface area contributed by atoms with Crippen LogP contribution in [-0.2, 0) is 11.2 Å². The van der Waals surface area contributed by atoms with Gasteiger partial charge in [0.2, 0.25) is 5.91 Å². The summed E-state index contributed by atoms with van der Waals surface area (Å²) >= 11 is 0. The summed E-state index contributed by atoms with van der Waals surface area (Å²) in [5.41, 5.74) is 5.48. The van der Waals surface area contributed by atoms with E-state index < -0.39 is 0 Å². The van der Waals surface area contributed by atoms with Gasteiger partial charge >= 0.3 is 0 Å². The molecule has 1 saturated carbocycles. The lowest BCUT2D eigenvalue weighted by molar-refractivity contribution is -0.132. The van der Waals surface area contributed by atoms with E-state index in [1.165, 1.54) is 0 Å². The van der Waals surface area contributed by atoms with Crippen molar-refractivity contribution in [2.75, 3.05) is 26.2 Å². The van der Waals surface area contributed by atoms with Crippen molar-refractivity contribution in [3.8, 4) is 16.9 Å². The smallest absolute Gasteiger partial charge is 0.251 e. The Kier molecular flexibility index (Phi) is 6.09. The molecule has 0 atom stereocenters. The van der Waals surface area contributed by atoms with Crippen LogP contribution in [0.1, 0.15) is 45.8 Å². The number of aryl methyl sites for hydroxylation is 2. The lowest BCUT2D eigenvalue weighted by atomic mass is 9.96. The number of carbonyl (C=O) groups excluding carboxylic acids is 2. The van der Waals surface area contributed by atoms with E-state index in [9.17, 15) is 9.59 Å². The number of hydrogen-bond acceptors (Lipinski definition) is 5. The fourth-order valence-corrected chi connectivity index (χ4v) is 4.54. The summed E-state index contributed by atoms with van der Waals surface area (Å²) in [6, 6.07) is 13.8. The predicted molar refractivity (Wildman–Crippen MR) is 128 cm³/mol. The van der Waals surface area contributed by atoms with Crippen molar-refractivity contribution >= 4 is 11.8 Å². The van der Waals surface area contributed by atoms with Crippen LogP contribution in [0.3, 0.4) is 0 Å². The van der Waals surface area contributed by atoms with Crippen molar-refractivity contribution in [3.05, 3.63) is 70.6 Å². The minimum Gasteiger partial charge on any atom is -0.491 e. The van der Waals surface area contributed by atoms with Gasteiger partial charge in [0.1, 0.15) is 18.1 Å². The molecular formula is C27H29N3O4. The van der Waals surface area contributed by atoms with Gasteiger partial charge in [0.25, 0.3) is 5.91 Å². The number of nitrogens with one attached hydrogen (secondary N) is 1. The molecule has 1 N–H and O–H groups in total. The van der Waals surface area contributed by atoms with Gasteiger partial charge in [0.05, 0.1) is 12.2 Å². The Labute approximate surface area is 199 Å². The van der Waals surface area contributed by atoms with Gasteiger partial charge in [-0.05, 0) is 67.6 Å². The Morgan fingerprint density at radius 1 is 1.09 bits per heavy atom. The van der Waals surface area contributed by atoms with Crippen LogP contribution < -0.4 is 10.1 Å². The highest BCUT2D eigenvalue weighted by molar-refractivity contribution is 5.94. The third kappa shape index (κ3) is 4.69. The average Bonchev–Trinajstić information content (AvgIpc) is 3.62. The standard InChI is InChI=1S/C27H29N3O4/c1-17-25(18(2)34-29-17)21-8-9-24-23(16-21)15-19-4-3-5-22(14-19)26(31)28-10-11-30(12-13-33-24)27(32)20-6-7-20/h3-5,8-9,14,16,20H,6-7,10-13,15H2,1-2H3,(H,28,31). The Hall–Kier alpha value is -3.61. The van der Waals surface area contributed by atoms with Crippen LogP contribution in [-0.4, -0.2) is 48.1 Å². The maximum atomic E-state index is 12.8. The molecule has 7 nitrogen and oxygen atoms in total. The quantitative estimate of drug-likeness (QED) is 0.628. The van der Waals surface area contributed by atoms with Crippen molar-refractivity contribution in [2.45, 2.75) is 33.1 Å². The highest BCUT2D eigenvalue weighted by atomic mass is 16.5. The topological polar surface area (TPSA) is 84.7 Å². The average molecular weight is 460 g/mol. The maximum Gasteiger partial charge on any atom is 0.251 e. The normalized spacial score (nSPS) is 16.8. The summed E-state index contributed by atoms with van der Waals surface area (Å²) in [4.78, 5) is 27.3. The van der Waals surface area contributed by atoms with Crippen molar-refractivity contribution in [3.63, 3.8) is 0 Å². The number of hydrogen-bond donors (Lipinski definition) is 1. The van der Waals surface area contributed by atoms with E-state index in [0.717, 1.165) is 52.3 Å². The number of nitrogens with zero attached hydrogens (tertiary/aromatic N) is 2. The van der Waals surface area contributed by atoms with Gasteiger partial charge in [-0.1, -0.05) is 23.4 Å². The van der Waals surface area contributed by atoms with Crippen molar-refractivity contribution in [1.82, 2.24) is 15.4 Å². The summed E-state index contributed by atoms with van der Waals surface area (Å²) in [6.45, 7) is 5.61. The van der Waals surface area contributed by atoms with Crippen molar-refractivity contribution in [2.24, 2.45) is 5.92 Å². The van der Waals surface area contributed by atoms with Gasteiger partial charge in [-0.2, -0.15) is 0 Å². The fourth-order valence-electron chi connectivity index (χ4n) is 4.54. The number of carbonyl (C=O) groups is 2. The zero-order valence-electron chi connectivity index (χ0n) is 19.6. The molecule has 2 amide bonds. The van der Waals surface area contributed by atoms with Gasteiger partial charge in [-0.15, -0.1) is 0 Å². The van der Waals surface area contributed by atoms with Crippen LogP contribution >= 0.6 is 0 Å². The van der Waals surface area contributed by atoms with Crippen LogP contribution in [0.4, 0.5) is 0 Å². The molecule has 1 aliphatic heterocycles. The fraction of sp³-hybridized carbons (Fsp3) is 0.370. The van der Waals surface area contributed by atoms with Crippen LogP contribution in [0.2, 0.25) is 0 Å². The lowest BCUT2D eigenvalue weighted by Gasteiger charge is -2.24. The molecule has 0 radical (unpaired) electrons. The lowest BCUT2D eigenvalue weighted by Crippen LogP contribution is -2.41. The van der Waals surface area contributed by atoms with Gasteiger partial charge < -0.3 is 19.5 Å². The van der Waals surface area contributed by atoms with Crippen LogP contribution in [0.15, 0.2) is 47.0 Å².